The third kappa shape index (κ3) is 2.81. The van der Waals surface area contributed by atoms with E-state index in [9.17, 15) is 0 Å². The third-order valence-corrected chi connectivity index (χ3v) is 2.58. The number of ether oxygens (including phenoxy) is 2. The number of aromatic nitrogens is 2. The minimum Gasteiger partial charge on any atom is -0.497 e. The molecule has 5 nitrogen and oxygen atoms in total. The first kappa shape index (κ1) is 12.4. The van der Waals surface area contributed by atoms with Gasteiger partial charge in [-0.05, 0) is 24.3 Å². The van der Waals surface area contributed by atoms with Gasteiger partial charge in [0, 0.05) is 31.7 Å². The second-order valence-electron chi connectivity index (χ2n) is 3.74. The lowest BCUT2D eigenvalue weighted by molar-refractivity contribution is 0.210. The summed E-state index contributed by atoms with van der Waals surface area (Å²) in [7, 11) is 3.33. The first-order valence-electron chi connectivity index (χ1n) is 5.75. The van der Waals surface area contributed by atoms with Gasteiger partial charge in [0.05, 0.1) is 13.7 Å². The summed E-state index contributed by atoms with van der Waals surface area (Å²) in [6.45, 7) is 1.37. The van der Waals surface area contributed by atoms with Crippen molar-refractivity contribution in [3.63, 3.8) is 0 Å². The molecule has 0 bridgehead atoms. The molecule has 0 aliphatic heterocycles. The van der Waals surface area contributed by atoms with E-state index in [1.165, 1.54) is 0 Å². The van der Waals surface area contributed by atoms with E-state index in [-0.39, 0.29) is 0 Å². The van der Waals surface area contributed by atoms with E-state index >= 15 is 0 Å². The first-order valence-corrected chi connectivity index (χ1v) is 5.75. The molecule has 1 aromatic carbocycles. The number of hydrogen-bond acceptors (Lipinski definition) is 4. The Hall–Kier alpha value is -2.01. The summed E-state index contributed by atoms with van der Waals surface area (Å²) in [4.78, 5) is 4.27. The van der Waals surface area contributed by atoms with E-state index in [0.717, 1.165) is 23.9 Å². The van der Waals surface area contributed by atoms with Crippen LogP contribution < -0.4 is 10.1 Å². The topological polar surface area (TPSA) is 48.3 Å². The van der Waals surface area contributed by atoms with E-state index in [1.807, 2.05) is 35.0 Å². The lowest BCUT2D eigenvalue weighted by Gasteiger charge is -2.10. The van der Waals surface area contributed by atoms with Gasteiger partial charge in [0.2, 0.25) is 5.95 Å². The summed E-state index contributed by atoms with van der Waals surface area (Å²) in [5.41, 5.74) is 1.04. The number of rotatable bonds is 6. The van der Waals surface area contributed by atoms with Gasteiger partial charge >= 0.3 is 0 Å². The minimum atomic E-state index is 0.648. The average molecular weight is 247 g/mol. The molecule has 2 rings (SSSR count). The Bertz CT molecular complexity index is 479. The summed E-state index contributed by atoms with van der Waals surface area (Å²) in [6.07, 6.45) is 3.68. The highest BCUT2D eigenvalue weighted by Crippen LogP contribution is 2.18. The lowest BCUT2D eigenvalue weighted by atomic mass is 10.3. The molecule has 0 saturated heterocycles. The number of anilines is 1. The van der Waals surface area contributed by atoms with E-state index < -0.39 is 0 Å². The van der Waals surface area contributed by atoms with Crippen LogP contribution in [0.3, 0.4) is 0 Å². The number of benzene rings is 1. The lowest BCUT2D eigenvalue weighted by Crippen LogP contribution is -2.11. The fourth-order valence-electron chi connectivity index (χ4n) is 1.65. The maximum Gasteiger partial charge on any atom is 0.207 e. The molecule has 96 valence electrons. The van der Waals surface area contributed by atoms with Crippen LogP contribution in [0.5, 0.6) is 5.75 Å². The zero-order valence-electron chi connectivity index (χ0n) is 10.6. The highest BCUT2D eigenvalue weighted by atomic mass is 16.5. The van der Waals surface area contributed by atoms with Crippen molar-refractivity contribution in [2.24, 2.45) is 0 Å². The normalized spacial score (nSPS) is 10.3. The molecule has 1 heterocycles. The van der Waals surface area contributed by atoms with Crippen LogP contribution in [0.2, 0.25) is 0 Å². The van der Waals surface area contributed by atoms with Crippen LogP contribution in [0.4, 0.5) is 5.95 Å². The van der Waals surface area contributed by atoms with Crippen molar-refractivity contribution in [2.75, 3.05) is 32.7 Å². The van der Waals surface area contributed by atoms with E-state index in [2.05, 4.69) is 10.3 Å². The predicted octanol–water partition coefficient (Wildman–Crippen LogP) is 1.94. The second-order valence-corrected chi connectivity index (χ2v) is 3.74. The molecule has 0 amide bonds. The van der Waals surface area contributed by atoms with Gasteiger partial charge in [-0.25, -0.2) is 4.98 Å². The van der Waals surface area contributed by atoms with Crippen LogP contribution in [0.15, 0.2) is 36.7 Å². The number of hydrogen-bond donors (Lipinski definition) is 1. The van der Waals surface area contributed by atoms with Crippen molar-refractivity contribution in [2.45, 2.75) is 0 Å². The Morgan fingerprint density at radius 2 is 2.00 bits per heavy atom. The monoisotopic (exact) mass is 247 g/mol. The van der Waals surface area contributed by atoms with Crippen LogP contribution in [0.1, 0.15) is 0 Å². The van der Waals surface area contributed by atoms with Crippen molar-refractivity contribution in [1.82, 2.24) is 9.55 Å². The minimum absolute atomic E-state index is 0.648. The Morgan fingerprint density at radius 1 is 1.22 bits per heavy atom. The molecule has 2 aromatic rings. The van der Waals surface area contributed by atoms with Gasteiger partial charge < -0.3 is 14.8 Å². The van der Waals surface area contributed by atoms with Gasteiger partial charge in [-0.2, -0.15) is 0 Å². The maximum atomic E-state index is 5.14. The molecule has 0 unspecified atom stereocenters. The summed E-state index contributed by atoms with van der Waals surface area (Å²) >= 11 is 0. The number of nitrogens with one attached hydrogen (secondary N) is 1. The molecule has 0 atom stereocenters. The number of methoxy groups -OCH3 is 2. The Kier molecular flexibility index (Phi) is 4.20. The van der Waals surface area contributed by atoms with Crippen LogP contribution in [-0.4, -0.2) is 36.9 Å². The SMILES string of the molecule is COCCNc1nccn1-c1ccc(OC)cc1. The quantitative estimate of drug-likeness (QED) is 0.792. The molecule has 18 heavy (non-hydrogen) atoms. The fraction of sp³-hybridized carbons (Fsp3) is 0.308. The zero-order valence-corrected chi connectivity index (χ0v) is 10.6. The average Bonchev–Trinajstić information content (AvgIpc) is 2.88. The fourth-order valence-corrected chi connectivity index (χ4v) is 1.65. The Balaban J connectivity index is 2.14. The number of nitrogens with zero attached hydrogens (tertiary/aromatic N) is 2. The summed E-state index contributed by atoms with van der Waals surface area (Å²) in [6, 6.07) is 7.83. The van der Waals surface area contributed by atoms with Crippen molar-refractivity contribution in [3.05, 3.63) is 36.7 Å². The largest absolute Gasteiger partial charge is 0.497 e. The molecule has 1 N–H and O–H groups in total. The van der Waals surface area contributed by atoms with Gasteiger partial charge in [0.15, 0.2) is 0 Å². The van der Waals surface area contributed by atoms with Gasteiger partial charge in [0.1, 0.15) is 5.75 Å². The summed E-state index contributed by atoms with van der Waals surface area (Å²) < 4.78 is 12.1. The summed E-state index contributed by atoms with van der Waals surface area (Å²) in [5, 5.41) is 3.22. The van der Waals surface area contributed by atoms with Crippen LogP contribution >= 0.6 is 0 Å². The molecular formula is C13H17N3O2. The first-order chi connectivity index (χ1) is 8.85. The standard InChI is InChI=1S/C13H17N3O2/c1-17-10-8-15-13-14-7-9-16(13)11-3-5-12(18-2)6-4-11/h3-7,9H,8,10H2,1-2H3,(H,14,15). The Labute approximate surface area is 106 Å². The molecule has 1 aromatic heterocycles. The van der Waals surface area contributed by atoms with Crippen LogP contribution in [0, 0.1) is 0 Å². The van der Waals surface area contributed by atoms with E-state index in [0.29, 0.717) is 6.61 Å². The van der Waals surface area contributed by atoms with Gasteiger partial charge in [-0.15, -0.1) is 0 Å². The van der Waals surface area contributed by atoms with Crippen LogP contribution in [-0.2, 0) is 4.74 Å². The van der Waals surface area contributed by atoms with Gasteiger partial charge in [0.25, 0.3) is 0 Å². The molecule has 0 spiro atoms. The molecule has 0 fully saturated rings. The molecular weight excluding hydrogens is 230 g/mol. The van der Waals surface area contributed by atoms with Gasteiger partial charge in [-0.3, -0.25) is 4.57 Å². The van der Waals surface area contributed by atoms with Crippen LogP contribution in [0.25, 0.3) is 5.69 Å². The van der Waals surface area contributed by atoms with Gasteiger partial charge in [-0.1, -0.05) is 0 Å². The molecule has 0 aliphatic carbocycles. The van der Waals surface area contributed by atoms with E-state index in [1.54, 1.807) is 20.4 Å². The highest BCUT2D eigenvalue weighted by Gasteiger charge is 2.04. The maximum absolute atomic E-state index is 5.14. The predicted molar refractivity (Wildman–Crippen MR) is 70.5 cm³/mol. The second kappa shape index (κ2) is 6.07. The smallest absolute Gasteiger partial charge is 0.207 e. The molecule has 0 saturated carbocycles. The summed E-state index contributed by atoms with van der Waals surface area (Å²) in [5.74, 6) is 1.64. The molecule has 0 aliphatic rings. The van der Waals surface area contributed by atoms with Crippen molar-refractivity contribution in [3.8, 4) is 11.4 Å². The zero-order chi connectivity index (χ0) is 12.8. The Morgan fingerprint density at radius 3 is 2.67 bits per heavy atom. The van der Waals surface area contributed by atoms with Crippen molar-refractivity contribution in [1.29, 1.82) is 0 Å². The van der Waals surface area contributed by atoms with Crippen molar-refractivity contribution < 1.29 is 9.47 Å². The third-order valence-electron chi connectivity index (χ3n) is 2.58. The molecule has 0 radical (unpaired) electrons. The number of imidazole rings is 1. The molecule has 5 heteroatoms. The van der Waals surface area contributed by atoms with E-state index in [4.69, 9.17) is 9.47 Å². The highest BCUT2D eigenvalue weighted by molar-refractivity contribution is 5.44. The van der Waals surface area contributed by atoms with Crippen molar-refractivity contribution >= 4 is 5.95 Å².